The van der Waals surface area contributed by atoms with Gasteiger partial charge in [-0.1, -0.05) is 12.1 Å². The van der Waals surface area contributed by atoms with Gasteiger partial charge in [-0.3, -0.25) is 4.79 Å². The lowest BCUT2D eigenvalue weighted by atomic mass is 10.2. The summed E-state index contributed by atoms with van der Waals surface area (Å²) in [6, 6.07) is 7.33. The lowest BCUT2D eigenvalue weighted by Gasteiger charge is -2.06. The number of hydrogen-bond acceptors (Lipinski definition) is 4. The molecule has 5 heteroatoms. The number of carbonyl (C=O) groups is 1. The van der Waals surface area contributed by atoms with E-state index in [1.807, 2.05) is 12.1 Å². The van der Waals surface area contributed by atoms with Gasteiger partial charge in [-0.15, -0.1) is 0 Å². The van der Waals surface area contributed by atoms with Crippen LogP contribution in [0.2, 0.25) is 0 Å². The summed E-state index contributed by atoms with van der Waals surface area (Å²) in [5.41, 5.74) is 6.04. The van der Waals surface area contributed by atoms with Gasteiger partial charge in [-0.2, -0.15) is 0 Å². The van der Waals surface area contributed by atoms with Crippen molar-refractivity contribution in [2.75, 3.05) is 19.8 Å². The summed E-state index contributed by atoms with van der Waals surface area (Å²) in [4.78, 5) is 10.5. The molecule has 0 aliphatic heterocycles. The minimum Gasteiger partial charge on any atom is -0.484 e. The molecule has 0 aliphatic carbocycles. The van der Waals surface area contributed by atoms with Gasteiger partial charge in [-0.25, -0.2) is 0 Å². The maximum absolute atomic E-state index is 10.5. The van der Waals surface area contributed by atoms with Crippen LogP contribution in [0, 0.1) is 0 Å². The molecule has 0 atom stereocenters. The molecule has 0 spiro atoms. The second kappa shape index (κ2) is 6.81. The number of aliphatic hydroxyl groups excluding tert-OH is 1. The van der Waals surface area contributed by atoms with E-state index >= 15 is 0 Å². The summed E-state index contributed by atoms with van der Waals surface area (Å²) in [5.74, 6) is 0.124. The van der Waals surface area contributed by atoms with E-state index in [0.29, 0.717) is 18.8 Å². The Balaban J connectivity index is 2.38. The second-order valence-corrected chi connectivity index (χ2v) is 3.30. The Morgan fingerprint density at radius 3 is 2.62 bits per heavy atom. The minimum atomic E-state index is -0.492. The molecule has 4 N–H and O–H groups in total. The highest BCUT2D eigenvalue weighted by molar-refractivity contribution is 5.75. The number of hydrogen-bond donors (Lipinski definition) is 3. The van der Waals surface area contributed by atoms with Crippen molar-refractivity contribution in [2.45, 2.75) is 6.54 Å². The third kappa shape index (κ3) is 4.77. The average Bonchev–Trinajstić information content (AvgIpc) is 2.28. The first kappa shape index (κ1) is 12.5. The number of amides is 1. The Morgan fingerprint density at radius 2 is 2.06 bits per heavy atom. The summed E-state index contributed by atoms with van der Waals surface area (Å²) in [5, 5.41) is 11.6. The summed E-state index contributed by atoms with van der Waals surface area (Å²) in [6.45, 7) is 1.28. The van der Waals surface area contributed by atoms with Crippen LogP contribution < -0.4 is 15.8 Å². The van der Waals surface area contributed by atoms with Crippen LogP contribution >= 0.6 is 0 Å². The van der Waals surface area contributed by atoms with Gasteiger partial charge in [0.05, 0.1) is 6.61 Å². The van der Waals surface area contributed by atoms with Crippen LogP contribution in [0.15, 0.2) is 24.3 Å². The number of nitrogens with one attached hydrogen (secondary N) is 1. The molecule has 88 valence electrons. The van der Waals surface area contributed by atoms with Crippen LogP contribution in [0.25, 0.3) is 0 Å². The van der Waals surface area contributed by atoms with Crippen molar-refractivity contribution in [1.29, 1.82) is 0 Å². The van der Waals surface area contributed by atoms with Gasteiger partial charge in [0.25, 0.3) is 5.91 Å². The van der Waals surface area contributed by atoms with Crippen molar-refractivity contribution in [3.05, 3.63) is 29.8 Å². The SMILES string of the molecule is NC(=O)COc1ccc(CNCCO)cc1. The molecule has 1 amide bonds. The van der Waals surface area contributed by atoms with Crippen molar-refractivity contribution in [3.63, 3.8) is 0 Å². The van der Waals surface area contributed by atoms with Crippen LogP contribution in [-0.2, 0) is 11.3 Å². The number of aliphatic hydroxyl groups is 1. The maximum atomic E-state index is 10.5. The number of benzene rings is 1. The molecule has 5 nitrogen and oxygen atoms in total. The molecule has 0 unspecified atom stereocenters. The normalized spacial score (nSPS) is 10.1. The van der Waals surface area contributed by atoms with Crippen LogP contribution in [0.4, 0.5) is 0 Å². The van der Waals surface area contributed by atoms with Gasteiger partial charge in [0.15, 0.2) is 6.61 Å². The van der Waals surface area contributed by atoms with Crippen molar-refractivity contribution in [3.8, 4) is 5.75 Å². The van der Waals surface area contributed by atoms with Crippen molar-refractivity contribution in [2.24, 2.45) is 5.73 Å². The molecule has 0 aromatic heterocycles. The molecular weight excluding hydrogens is 208 g/mol. The number of nitrogens with two attached hydrogens (primary N) is 1. The van der Waals surface area contributed by atoms with E-state index in [1.165, 1.54) is 0 Å². The van der Waals surface area contributed by atoms with Gasteiger partial charge < -0.3 is 20.9 Å². The fraction of sp³-hybridized carbons (Fsp3) is 0.364. The van der Waals surface area contributed by atoms with Gasteiger partial charge in [0.2, 0.25) is 0 Å². The number of ether oxygens (including phenoxy) is 1. The molecular formula is C11H16N2O3. The zero-order chi connectivity index (χ0) is 11.8. The molecule has 1 rings (SSSR count). The third-order valence-electron chi connectivity index (χ3n) is 1.92. The summed E-state index contributed by atoms with van der Waals surface area (Å²) in [6.07, 6.45) is 0. The van der Waals surface area contributed by atoms with Gasteiger partial charge in [-0.05, 0) is 17.7 Å². The predicted molar refractivity (Wildman–Crippen MR) is 59.9 cm³/mol. The van der Waals surface area contributed by atoms with Crippen LogP contribution in [0.1, 0.15) is 5.56 Å². The zero-order valence-electron chi connectivity index (χ0n) is 8.98. The molecule has 0 saturated carbocycles. The third-order valence-corrected chi connectivity index (χ3v) is 1.92. The predicted octanol–water partition coefficient (Wildman–Crippen LogP) is -0.367. The van der Waals surface area contributed by atoms with Gasteiger partial charge in [0.1, 0.15) is 5.75 Å². The molecule has 16 heavy (non-hydrogen) atoms. The number of carbonyl (C=O) groups excluding carboxylic acids is 1. The van der Waals surface area contributed by atoms with E-state index in [1.54, 1.807) is 12.1 Å². The Morgan fingerprint density at radius 1 is 1.38 bits per heavy atom. The fourth-order valence-electron chi connectivity index (χ4n) is 1.17. The highest BCUT2D eigenvalue weighted by Crippen LogP contribution is 2.11. The topological polar surface area (TPSA) is 84.6 Å². The Labute approximate surface area is 94.2 Å². The molecule has 1 aromatic rings. The van der Waals surface area contributed by atoms with Gasteiger partial charge in [0, 0.05) is 13.1 Å². The molecule has 0 aliphatic rings. The number of primary amides is 1. The first-order valence-electron chi connectivity index (χ1n) is 5.04. The quantitative estimate of drug-likeness (QED) is 0.552. The molecule has 0 radical (unpaired) electrons. The molecule has 0 bridgehead atoms. The van der Waals surface area contributed by atoms with E-state index in [0.717, 1.165) is 5.56 Å². The molecule has 0 fully saturated rings. The molecule has 0 saturated heterocycles. The van der Waals surface area contributed by atoms with E-state index in [4.69, 9.17) is 15.6 Å². The van der Waals surface area contributed by atoms with E-state index in [-0.39, 0.29) is 13.2 Å². The van der Waals surface area contributed by atoms with Crippen molar-refractivity contribution in [1.82, 2.24) is 5.32 Å². The monoisotopic (exact) mass is 224 g/mol. The van der Waals surface area contributed by atoms with Crippen LogP contribution in [0.5, 0.6) is 5.75 Å². The average molecular weight is 224 g/mol. The van der Waals surface area contributed by atoms with Gasteiger partial charge >= 0.3 is 0 Å². The first-order valence-corrected chi connectivity index (χ1v) is 5.04. The Kier molecular flexibility index (Phi) is 5.31. The Bertz CT molecular complexity index is 325. The maximum Gasteiger partial charge on any atom is 0.255 e. The molecule has 0 heterocycles. The Hall–Kier alpha value is -1.59. The lowest BCUT2D eigenvalue weighted by molar-refractivity contribution is -0.119. The van der Waals surface area contributed by atoms with Crippen molar-refractivity contribution >= 4 is 5.91 Å². The zero-order valence-corrected chi connectivity index (χ0v) is 8.98. The fourth-order valence-corrected chi connectivity index (χ4v) is 1.17. The standard InChI is InChI=1S/C11H16N2O3/c12-11(15)8-16-10-3-1-9(2-4-10)7-13-5-6-14/h1-4,13-14H,5-8H2,(H2,12,15). The van der Waals surface area contributed by atoms with E-state index in [2.05, 4.69) is 5.32 Å². The van der Waals surface area contributed by atoms with Crippen LogP contribution in [-0.4, -0.2) is 30.8 Å². The van der Waals surface area contributed by atoms with E-state index < -0.39 is 5.91 Å². The smallest absolute Gasteiger partial charge is 0.255 e. The summed E-state index contributed by atoms with van der Waals surface area (Å²) >= 11 is 0. The molecule has 1 aromatic carbocycles. The second-order valence-electron chi connectivity index (χ2n) is 3.30. The highest BCUT2D eigenvalue weighted by atomic mass is 16.5. The summed E-state index contributed by atoms with van der Waals surface area (Å²) in [7, 11) is 0. The van der Waals surface area contributed by atoms with Crippen molar-refractivity contribution < 1.29 is 14.6 Å². The van der Waals surface area contributed by atoms with E-state index in [9.17, 15) is 4.79 Å². The van der Waals surface area contributed by atoms with Crippen LogP contribution in [0.3, 0.4) is 0 Å². The lowest BCUT2D eigenvalue weighted by Crippen LogP contribution is -2.20. The first-order chi connectivity index (χ1) is 7.72. The minimum absolute atomic E-state index is 0.109. The number of rotatable bonds is 7. The largest absolute Gasteiger partial charge is 0.484 e. The highest BCUT2D eigenvalue weighted by Gasteiger charge is 1.97. The summed E-state index contributed by atoms with van der Waals surface area (Å²) < 4.78 is 5.11.